The number of anilines is 1. The van der Waals surface area contributed by atoms with Crippen LogP contribution in [0.3, 0.4) is 0 Å². The number of aryl methyl sites for hydroxylation is 1. The van der Waals surface area contributed by atoms with Gasteiger partial charge in [0.15, 0.2) is 0 Å². The largest absolute Gasteiger partial charge is 0.489 e. The Labute approximate surface area is 124 Å². The van der Waals surface area contributed by atoms with Gasteiger partial charge >= 0.3 is 0 Å². The first-order chi connectivity index (χ1) is 9.45. The van der Waals surface area contributed by atoms with Crippen LogP contribution in [0.1, 0.15) is 19.4 Å². The molecule has 0 heterocycles. The van der Waals surface area contributed by atoms with Crippen molar-refractivity contribution in [3.05, 3.63) is 47.0 Å². The topological polar surface area (TPSA) is 44.5 Å². The molecular formula is C16H18ClNO2. The fourth-order valence-electron chi connectivity index (χ4n) is 1.75. The van der Waals surface area contributed by atoms with Crippen molar-refractivity contribution in [3.8, 4) is 17.2 Å². The number of halogens is 1. The Morgan fingerprint density at radius 1 is 1.05 bits per heavy atom. The van der Waals surface area contributed by atoms with E-state index in [0.717, 1.165) is 5.56 Å². The normalized spacial score (nSPS) is 10.7. The SMILES string of the molecule is Cc1ccc(Oc2ccc(N)c(OC(C)C)c2)c(Cl)c1. The molecule has 2 N–H and O–H groups in total. The quantitative estimate of drug-likeness (QED) is 0.822. The lowest BCUT2D eigenvalue weighted by molar-refractivity contribution is 0.243. The van der Waals surface area contributed by atoms with Crippen LogP contribution in [-0.2, 0) is 0 Å². The van der Waals surface area contributed by atoms with Gasteiger partial charge in [-0.2, -0.15) is 0 Å². The van der Waals surface area contributed by atoms with E-state index >= 15 is 0 Å². The van der Waals surface area contributed by atoms with Crippen LogP contribution >= 0.6 is 11.6 Å². The lowest BCUT2D eigenvalue weighted by Crippen LogP contribution is -2.07. The second-order valence-electron chi connectivity index (χ2n) is 4.90. The summed E-state index contributed by atoms with van der Waals surface area (Å²) in [4.78, 5) is 0. The average molecular weight is 292 g/mol. The van der Waals surface area contributed by atoms with E-state index in [1.165, 1.54) is 0 Å². The third-order valence-corrected chi connectivity index (χ3v) is 2.96. The number of hydrogen-bond acceptors (Lipinski definition) is 3. The van der Waals surface area contributed by atoms with Gasteiger partial charge in [-0.25, -0.2) is 0 Å². The molecule has 0 radical (unpaired) electrons. The molecule has 0 aliphatic heterocycles. The number of hydrogen-bond donors (Lipinski definition) is 1. The summed E-state index contributed by atoms with van der Waals surface area (Å²) in [6, 6.07) is 11.0. The van der Waals surface area contributed by atoms with E-state index in [2.05, 4.69) is 0 Å². The Balaban J connectivity index is 2.25. The highest BCUT2D eigenvalue weighted by Crippen LogP contribution is 2.34. The van der Waals surface area contributed by atoms with Crippen LogP contribution in [0.4, 0.5) is 5.69 Å². The molecule has 0 aliphatic rings. The van der Waals surface area contributed by atoms with Crippen molar-refractivity contribution in [2.24, 2.45) is 0 Å². The van der Waals surface area contributed by atoms with Gasteiger partial charge in [0.25, 0.3) is 0 Å². The van der Waals surface area contributed by atoms with Gasteiger partial charge in [0, 0.05) is 6.07 Å². The van der Waals surface area contributed by atoms with Crippen LogP contribution in [0.5, 0.6) is 17.2 Å². The lowest BCUT2D eigenvalue weighted by atomic mass is 10.2. The fraction of sp³-hybridized carbons (Fsp3) is 0.250. The molecule has 0 aromatic heterocycles. The zero-order chi connectivity index (χ0) is 14.7. The summed E-state index contributed by atoms with van der Waals surface area (Å²) in [5, 5.41) is 0.577. The Kier molecular flexibility index (Phi) is 4.40. The molecule has 0 unspecified atom stereocenters. The van der Waals surface area contributed by atoms with E-state index in [-0.39, 0.29) is 6.10 Å². The molecule has 0 aliphatic carbocycles. The Hall–Kier alpha value is -1.87. The first-order valence-corrected chi connectivity index (χ1v) is 6.83. The van der Waals surface area contributed by atoms with Crippen molar-refractivity contribution < 1.29 is 9.47 Å². The summed E-state index contributed by atoms with van der Waals surface area (Å²) in [5.74, 6) is 1.86. The molecule has 0 amide bonds. The molecule has 2 aromatic carbocycles. The van der Waals surface area contributed by atoms with Crippen molar-refractivity contribution in [2.45, 2.75) is 26.9 Å². The summed E-state index contributed by atoms with van der Waals surface area (Å²) in [6.07, 6.45) is 0.0514. The molecule has 0 spiro atoms. The highest BCUT2D eigenvalue weighted by molar-refractivity contribution is 6.32. The predicted molar refractivity (Wildman–Crippen MR) is 82.9 cm³/mol. The molecule has 0 atom stereocenters. The Morgan fingerprint density at radius 2 is 1.80 bits per heavy atom. The molecule has 0 saturated heterocycles. The number of benzene rings is 2. The fourth-order valence-corrected chi connectivity index (χ4v) is 2.02. The van der Waals surface area contributed by atoms with E-state index < -0.39 is 0 Å². The molecular weight excluding hydrogens is 274 g/mol. The minimum absolute atomic E-state index is 0.0514. The van der Waals surface area contributed by atoms with Gasteiger partial charge in [0.2, 0.25) is 0 Å². The highest BCUT2D eigenvalue weighted by atomic mass is 35.5. The first kappa shape index (κ1) is 14.5. The summed E-state index contributed by atoms with van der Waals surface area (Å²) in [5.41, 5.74) is 7.55. The zero-order valence-corrected chi connectivity index (χ0v) is 12.6. The lowest BCUT2D eigenvalue weighted by Gasteiger charge is -2.14. The van der Waals surface area contributed by atoms with Crippen molar-refractivity contribution >= 4 is 17.3 Å². The summed E-state index contributed by atoms with van der Waals surface area (Å²) in [6.45, 7) is 5.88. The molecule has 2 aromatic rings. The summed E-state index contributed by atoms with van der Waals surface area (Å²) < 4.78 is 11.4. The van der Waals surface area contributed by atoms with Gasteiger partial charge in [0.05, 0.1) is 16.8 Å². The Bertz CT molecular complexity index is 611. The van der Waals surface area contributed by atoms with Gasteiger partial charge in [0.1, 0.15) is 17.2 Å². The van der Waals surface area contributed by atoms with Gasteiger partial charge in [-0.15, -0.1) is 0 Å². The second-order valence-corrected chi connectivity index (χ2v) is 5.31. The number of rotatable bonds is 4. The van der Waals surface area contributed by atoms with Crippen LogP contribution in [0.2, 0.25) is 5.02 Å². The smallest absolute Gasteiger partial charge is 0.146 e. The molecule has 106 valence electrons. The van der Waals surface area contributed by atoms with E-state index in [9.17, 15) is 0 Å². The molecule has 4 heteroatoms. The highest BCUT2D eigenvalue weighted by Gasteiger charge is 2.08. The average Bonchev–Trinajstić information content (AvgIpc) is 2.36. The van der Waals surface area contributed by atoms with Crippen molar-refractivity contribution in [3.63, 3.8) is 0 Å². The maximum Gasteiger partial charge on any atom is 0.146 e. The van der Waals surface area contributed by atoms with Crippen molar-refractivity contribution in [1.29, 1.82) is 0 Å². The van der Waals surface area contributed by atoms with Crippen molar-refractivity contribution in [1.82, 2.24) is 0 Å². The first-order valence-electron chi connectivity index (χ1n) is 6.46. The maximum atomic E-state index is 6.15. The number of ether oxygens (including phenoxy) is 2. The van der Waals surface area contributed by atoms with Crippen LogP contribution < -0.4 is 15.2 Å². The van der Waals surface area contributed by atoms with Gasteiger partial charge in [-0.05, 0) is 50.6 Å². The molecule has 2 rings (SSSR count). The van der Waals surface area contributed by atoms with Crippen LogP contribution in [0, 0.1) is 6.92 Å². The molecule has 3 nitrogen and oxygen atoms in total. The minimum atomic E-state index is 0.0514. The molecule has 20 heavy (non-hydrogen) atoms. The van der Waals surface area contributed by atoms with Gasteiger partial charge < -0.3 is 15.2 Å². The number of nitrogen functional groups attached to an aromatic ring is 1. The van der Waals surface area contributed by atoms with Gasteiger partial charge in [-0.1, -0.05) is 17.7 Å². The van der Waals surface area contributed by atoms with E-state index in [0.29, 0.717) is 28.0 Å². The van der Waals surface area contributed by atoms with E-state index in [1.807, 2.05) is 39.0 Å². The van der Waals surface area contributed by atoms with E-state index in [4.69, 9.17) is 26.8 Å². The number of nitrogens with two attached hydrogens (primary N) is 1. The minimum Gasteiger partial charge on any atom is -0.489 e. The monoisotopic (exact) mass is 291 g/mol. The standard InChI is InChI=1S/C16H18ClNO2/c1-10(2)19-16-9-12(5-6-14(16)18)20-15-7-4-11(3)8-13(15)17/h4-10H,18H2,1-3H3. The van der Waals surface area contributed by atoms with Gasteiger partial charge in [-0.3, -0.25) is 0 Å². The van der Waals surface area contributed by atoms with Crippen molar-refractivity contribution in [2.75, 3.05) is 5.73 Å². The van der Waals surface area contributed by atoms with E-state index in [1.54, 1.807) is 18.2 Å². The predicted octanol–water partition coefficient (Wildman–Crippen LogP) is 4.81. The van der Waals surface area contributed by atoms with Crippen LogP contribution in [-0.4, -0.2) is 6.10 Å². The zero-order valence-electron chi connectivity index (χ0n) is 11.8. The Morgan fingerprint density at radius 3 is 2.45 bits per heavy atom. The molecule has 0 fully saturated rings. The molecule has 0 saturated carbocycles. The summed E-state index contributed by atoms with van der Waals surface area (Å²) in [7, 11) is 0. The summed E-state index contributed by atoms with van der Waals surface area (Å²) >= 11 is 6.15. The third kappa shape index (κ3) is 3.58. The van der Waals surface area contributed by atoms with Crippen LogP contribution in [0.25, 0.3) is 0 Å². The molecule has 0 bridgehead atoms. The second kappa shape index (κ2) is 6.06. The van der Waals surface area contributed by atoms with Crippen LogP contribution in [0.15, 0.2) is 36.4 Å². The third-order valence-electron chi connectivity index (χ3n) is 2.66. The maximum absolute atomic E-state index is 6.15.